The van der Waals surface area contributed by atoms with Gasteiger partial charge in [0.1, 0.15) is 17.3 Å². The number of hydrogen-bond acceptors (Lipinski definition) is 2. The summed E-state index contributed by atoms with van der Waals surface area (Å²) in [7, 11) is 0. The predicted molar refractivity (Wildman–Crippen MR) is 61.5 cm³/mol. The summed E-state index contributed by atoms with van der Waals surface area (Å²) in [5.41, 5.74) is 6.56. The first-order valence-electron chi connectivity index (χ1n) is 5.25. The minimum Gasteiger partial charge on any atom is -0.461 e. The second kappa shape index (κ2) is 4.49. The van der Waals surface area contributed by atoms with Crippen LogP contribution in [0.5, 0.6) is 0 Å². The highest BCUT2D eigenvalue weighted by Gasteiger charge is 2.06. The van der Waals surface area contributed by atoms with Crippen molar-refractivity contribution in [2.45, 2.75) is 19.4 Å². The Bertz CT molecular complexity index is 459. The molecule has 1 atom stereocenters. The van der Waals surface area contributed by atoms with Crippen LogP contribution in [-0.4, -0.2) is 6.04 Å². The third-order valence-corrected chi connectivity index (χ3v) is 2.31. The summed E-state index contributed by atoms with van der Waals surface area (Å²) >= 11 is 0. The molecule has 2 aromatic rings. The van der Waals surface area contributed by atoms with Gasteiger partial charge in [-0.15, -0.1) is 0 Å². The quantitative estimate of drug-likeness (QED) is 0.861. The van der Waals surface area contributed by atoms with E-state index < -0.39 is 0 Å². The number of halogens is 1. The maximum atomic E-state index is 12.7. The molecule has 0 aliphatic heterocycles. The summed E-state index contributed by atoms with van der Waals surface area (Å²) in [5, 5.41) is 0. The molecule has 1 aromatic carbocycles. The monoisotopic (exact) mass is 219 g/mol. The van der Waals surface area contributed by atoms with Gasteiger partial charge in [-0.1, -0.05) is 0 Å². The van der Waals surface area contributed by atoms with E-state index in [0.29, 0.717) is 6.42 Å². The number of benzene rings is 1. The van der Waals surface area contributed by atoms with Crippen LogP contribution < -0.4 is 5.73 Å². The summed E-state index contributed by atoms with van der Waals surface area (Å²) in [6.07, 6.45) is 0.710. The summed E-state index contributed by atoms with van der Waals surface area (Å²) in [5.74, 6) is 1.36. The standard InChI is InChI=1S/C13H14FNO/c1-9(15)8-12-6-7-13(16-12)10-2-4-11(14)5-3-10/h2-7,9H,8,15H2,1H3/t9-/m1/s1. The lowest BCUT2D eigenvalue weighted by molar-refractivity contribution is 0.503. The van der Waals surface area contributed by atoms with Crippen molar-refractivity contribution in [1.82, 2.24) is 0 Å². The summed E-state index contributed by atoms with van der Waals surface area (Å²) in [4.78, 5) is 0. The Morgan fingerprint density at radius 2 is 1.88 bits per heavy atom. The van der Waals surface area contributed by atoms with E-state index >= 15 is 0 Å². The van der Waals surface area contributed by atoms with Gasteiger partial charge in [0.25, 0.3) is 0 Å². The zero-order chi connectivity index (χ0) is 11.5. The maximum absolute atomic E-state index is 12.7. The fraction of sp³-hybridized carbons (Fsp3) is 0.231. The molecule has 0 spiro atoms. The molecule has 2 nitrogen and oxygen atoms in total. The van der Waals surface area contributed by atoms with Gasteiger partial charge in [0.05, 0.1) is 0 Å². The molecule has 0 saturated heterocycles. The van der Waals surface area contributed by atoms with Gasteiger partial charge in [-0.2, -0.15) is 0 Å². The molecule has 16 heavy (non-hydrogen) atoms. The normalized spacial score (nSPS) is 12.7. The Morgan fingerprint density at radius 1 is 1.19 bits per heavy atom. The van der Waals surface area contributed by atoms with Crippen molar-refractivity contribution in [3.8, 4) is 11.3 Å². The minimum atomic E-state index is -0.244. The Labute approximate surface area is 93.9 Å². The van der Waals surface area contributed by atoms with Crippen LogP contribution in [0.1, 0.15) is 12.7 Å². The van der Waals surface area contributed by atoms with Crippen molar-refractivity contribution < 1.29 is 8.81 Å². The van der Waals surface area contributed by atoms with E-state index in [1.54, 1.807) is 12.1 Å². The number of rotatable bonds is 3. The van der Waals surface area contributed by atoms with Gasteiger partial charge in [-0.25, -0.2) is 4.39 Å². The first-order chi connectivity index (χ1) is 7.65. The zero-order valence-corrected chi connectivity index (χ0v) is 9.11. The molecular formula is C13H14FNO. The average Bonchev–Trinajstić information content (AvgIpc) is 2.66. The lowest BCUT2D eigenvalue weighted by Crippen LogP contribution is -2.17. The molecule has 2 N–H and O–H groups in total. The third kappa shape index (κ3) is 2.49. The van der Waals surface area contributed by atoms with Crippen molar-refractivity contribution in [3.63, 3.8) is 0 Å². The molecule has 0 aliphatic carbocycles. The van der Waals surface area contributed by atoms with Crippen LogP contribution in [0.2, 0.25) is 0 Å². The molecular weight excluding hydrogens is 205 g/mol. The molecule has 0 saturated carbocycles. The minimum absolute atomic E-state index is 0.0761. The highest BCUT2D eigenvalue weighted by Crippen LogP contribution is 2.22. The largest absolute Gasteiger partial charge is 0.461 e. The van der Waals surface area contributed by atoms with Gasteiger partial charge >= 0.3 is 0 Å². The molecule has 0 aliphatic rings. The van der Waals surface area contributed by atoms with E-state index in [0.717, 1.165) is 17.1 Å². The molecule has 0 bridgehead atoms. The SMILES string of the molecule is C[C@@H](N)Cc1ccc(-c2ccc(F)cc2)o1. The van der Waals surface area contributed by atoms with Gasteiger partial charge in [-0.3, -0.25) is 0 Å². The van der Waals surface area contributed by atoms with Gasteiger partial charge in [-0.05, 0) is 43.3 Å². The van der Waals surface area contributed by atoms with E-state index in [1.165, 1.54) is 12.1 Å². The third-order valence-electron chi connectivity index (χ3n) is 2.31. The average molecular weight is 219 g/mol. The van der Waals surface area contributed by atoms with Crippen LogP contribution in [0.25, 0.3) is 11.3 Å². The fourth-order valence-corrected chi connectivity index (χ4v) is 1.57. The summed E-state index contributed by atoms with van der Waals surface area (Å²) < 4.78 is 18.4. The second-order valence-corrected chi connectivity index (χ2v) is 3.95. The van der Waals surface area contributed by atoms with Crippen molar-refractivity contribution in [3.05, 3.63) is 48.0 Å². The fourth-order valence-electron chi connectivity index (χ4n) is 1.57. The molecule has 2 rings (SSSR count). The van der Waals surface area contributed by atoms with Crippen LogP contribution in [0.4, 0.5) is 4.39 Å². The number of furan rings is 1. The molecule has 0 radical (unpaired) electrons. The Kier molecular flexibility index (Phi) is 3.06. The highest BCUT2D eigenvalue weighted by atomic mass is 19.1. The zero-order valence-electron chi connectivity index (χ0n) is 9.11. The summed E-state index contributed by atoms with van der Waals surface area (Å²) in [6, 6.07) is 10.1. The van der Waals surface area contributed by atoms with E-state index in [4.69, 9.17) is 10.2 Å². The lowest BCUT2D eigenvalue weighted by atomic mass is 10.2. The first-order valence-corrected chi connectivity index (χ1v) is 5.25. The van der Waals surface area contributed by atoms with Crippen LogP contribution >= 0.6 is 0 Å². The summed E-state index contributed by atoms with van der Waals surface area (Å²) in [6.45, 7) is 1.93. The second-order valence-electron chi connectivity index (χ2n) is 3.95. The van der Waals surface area contributed by atoms with E-state index in [1.807, 2.05) is 19.1 Å². The van der Waals surface area contributed by atoms with Crippen molar-refractivity contribution in [1.29, 1.82) is 0 Å². The molecule has 0 fully saturated rings. The highest BCUT2D eigenvalue weighted by molar-refractivity contribution is 5.57. The Balaban J connectivity index is 2.21. The van der Waals surface area contributed by atoms with E-state index in [-0.39, 0.29) is 11.9 Å². The van der Waals surface area contributed by atoms with Gasteiger partial charge in [0.15, 0.2) is 0 Å². The van der Waals surface area contributed by atoms with Crippen molar-refractivity contribution in [2.75, 3.05) is 0 Å². The Hall–Kier alpha value is -1.61. The molecule has 1 aromatic heterocycles. The molecule has 0 unspecified atom stereocenters. The molecule has 84 valence electrons. The van der Waals surface area contributed by atoms with E-state index in [2.05, 4.69) is 0 Å². The molecule has 1 heterocycles. The predicted octanol–water partition coefficient (Wildman–Crippen LogP) is 2.98. The number of nitrogens with two attached hydrogens (primary N) is 1. The Morgan fingerprint density at radius 3 is 2.50 bits per heavy atom. The topological polar surface area (TPSA) is 39.2 Å². The molecule has 0 amide bonds. The van der Waals surface area contributed by atoms with Crippen LogP contribution in [0.15, 0.2) is 40.8 Å². The van der Waals surface area contributed by atoms with Crippen LogP contribution in [-0.2, 0) is 6.42 Å². The van der Waals surface area contributed by atoms with Crippen molar-refractivity contribution >= 4 is 0 Å². The first kappa shape index (κ1) is 10.9. The van der Waals surface area contributed by atoms with Gasteiger partial charge in [0, 0.05) is 18.0 Å². The maximum Gasteiger partial charge on any atom is 0.134 e. The number of hydrogen-bond donors (Lipinski definition) is 1. The lowest BCUT2D eigenvalue weighted by Gasteiger charge is -2.01. The van der Waals surface area contributed by atoms with Crippen LogP contribution in [0.3, 0.4) is 0 Å². The van der Waals surface area contributed by atoms with Crippen molar-refractivity contribution in [2.24, 2.45) is 5.73 Å². The van der Waals surface area contributed by atoms with Crippen LogP contribution in [0, 0.1) is 5.82 Å². The smallest absolute Gasteiger partial charge is 0.134 e. The van der Waals surface area contributed by atoms with E-state index in [9.17, 15) is 4.39 Å². The van der Waals surface area contributed by atoms with Gasteiger partial charge < -0.3 is 10.2 Å². The molecule has 3 heteroatoms. The van der Waals surface area contributed by atoms with Gasteiger partial charge in [0.2, 0.25) is 0 Å².